The number of nitrogens with one attached hydrogen (secondary N) is 2. The highest BCUT2D eigenvalue weighted by atomic mass is 16.3. The zero-order valence-electron chi connectivity index (χ0n) is 9.92. The predicted octanol–water partition coefficient (Wildman–Crippen LogP) is 2.91. The molecule has 3 N–H and O–H groups in total. The van der Waals surface area contributed by atoms with Crippen molar-refractivity contribution in [3.63, 3.8) is 0 Å². The van der Waals surface area contributed by atoms with Crippen molar-refractivity contribution in [3.8, 4) is 11.8 Å². The molecule has 19 heavy (non-hydrogen) atoms. The first kappa shape index (κ1) is 12.5. The molecular formula is C14H11N3O2. The molecule has 0 saturated heterocycles. The molecule has 94 valence electrons. The lowest BCUT2D eigenvalue weighted by molar-refractivity contribution is 0.262. The SMILES string of the molecule is N#Cc1ccc(NC(=O)Nc2ccccc2O)cc1. The minimum atomic E-state index is -0.466. The van der Waals surface area contributed by atoms with Crippen LogP contribution in [0, 0.1) is 11.3 Å². The number of phenols is 1. The van der Waals surface area contributed by atoms with Crippen LogP contribution in [0.2, 0.25) is 0 Å². The van der Waals surface area contributed by atoms with Gasteiger partial charge in [-0.3, -0.25) is 0 Å². The molecule has 0 aliphatic carbocycles. The van der Waals surface area contributed by atoms with Crippen LogP contribution in [0.25, 0.3) is 0 Å². The van der Waals surface area contributed by atoms with Gasteiger partial charge in [0, 0.05) is 5.69 Å². The number of urea groups is 1. The van der Waals surface area contributed by atoms with Crippen LogP contribution >= 0.6 is 0 Å². The summed E-state index contributed by atoms with van der Waals surface area (Å²) in [5, 5.41) is 23.3. The Bertz CT molecular complexity index is 630. The first-order valence-electron chi connectivity index (χ1n) is 5.55. The predicted molar refractivity (Wildman–Crippen MR) is 71.9 cm³/mol. The van der Waals surface area contributed by atoms with E-state index < -0.39 is 6.03 Å². The minimum absolute atomic E-state index is 0.00233. The molecule has 0 radical (unpaired) electrons. The standard InChI is InChI=1S/C14H11N3O2/c15-9-10-5-7-11(8-6-10)16-14(19)17-12-3-1-2-4-13(12)18/h1-8,18H,(H2,16,17,19). The molecule has 5 heteroatoms. The third kappa shape index (κ3) is 3.23. The van der Waals surface area contributed by atoms with Crippen molar-refractivity contribution in [1.29, 1.82) is 5.26 Å². The lowest BCUT2D eigenvalue weighted by atomic mass is 10.2. The number of nitriles is 1. The van der Waals surface area contributed by atoms with E-state index in [2.05, 4.69) is 10.6 Å². The number of amides is 2. The molecule has 0 aliphatic rings. The Kier molecular flexibility index (Phi) is 3.64. The van der Waals surface area contributed by atoms with E-state index in [1.807, 2.05) is 6.07 Å². The number of aromatic hydroxyl groups is 1. The van der Waals surface area contributed by atoms with Crippen molar-refractivity contribution >= 4 is 17.4 Å². The summed E-state index contributed by atoms with van der Waals surface area (Å²) in [7, 11) is 0. The molecule has 0 fully saturated rings. The monoisotopic (exact) mass is 253 g/mol. The Hall–Kier alpha value is -3.00. The van der Waals surface area contributed by atoms with Crippen LogP contribution in [0.15, 0.2) is 48.5 Å². The number of carbonyl (C=O) groups is 1. The maximum absolute atomic E-state index is 11.7. The second-order valence-electron chi connectivity index (χ2n) is 3.79. The molecule has 2 rings (SSSR count). The van der Waals surface area contributed by atoms with E-state index in [4.69, 9.17) is 5.26 Å². The van der Waals surface area contributed by atoms with E-state index in [1.165, 1.54) is 6.07 Å². The summed E-state index contributed by atoms with van der Waals surface area (Å²) in [5.74, 6) is -0.00233. The first-order chi connectivity index (χ1) is 9.19. The van der Waals surface area contributed by atoms with Crippen molar-refractivity contribution in [2.24, 2.45) is 0 Å². The van der Waals surface area contributed by atoms with Gasteiger partial charge in [-0.25, -0.2) is 4.79 Å². The van der Waals surface area contributed by atoms with E-state index in [0.717, 1.165) is 0 Å². The molecule has 2 amide bonds. The Morgan fingerprint density at radius 3 is 2.37 bits per heavy atom. The summed E-state index contributed by atoms with van der Waals surface area (Å²) in [6.07, 6.45) is 0. The van der Waals surface area contributed by atoms with Crippen molar-refractivity contribution in [2.75, 3.05) is 10.6 Å². The van der Waals surface area contributed by atoms with Crippen LogP contribution in [0.5, 0.6) is 5.75 Å². The topological polar surface area (TPSA) is 85.2 Å². The van der Waals surface area contributed by atoms with Gasteiger partial charge in [-0.1, -0.05) is 12.1 Å². The van der Waals surface area contributed by atoms with Gasteiger partial charge in [-0.15, -0.1) is 0 Å². The van der Waals surface area contributed by atoms with Gasteiger partial charge >= 0.3 is 6.03 Å². The molecule has 0 aromatic heterocycles. The largest absolute Gasteiger partial charge is 0.506 e. The van der Waals surface area contributed by atoms with Gasteiger partial charge in [-0.05, 0) is 36.4 Å². The van der Waals surface area contributed by atoms with Gasteiger partial charge in [0.25, 0.3) is 0 Å². The number of nitrogens with zero attached hydrogens (tertiary/aromatic N) is 1. The van der Waals surface area contributed by atoms with Crippen LogP contribution in [0.3, 0.4) is 0 Å². The van der Waals surface area contributed by atoms with E-state index in [-0.39, 0.29) is 5.75 Å². The number of hydrogen-bond donors (Lipinski definition) is 3. The third-order valence-corrected chi connectivity index (χ3v) is 2.42. The summed E-state index contributed by atoms with van der Waals surface area (Å²) in [6, 6.07) is 14.4. The van der Waals surface area contributed by atoms with Gasteiger partial charge in [0.2, 0.25) is 0 Å². The van der Waals surface area contributed by atoms with Crippen LogP contribution in [-0.4, -0.2) is 11.1 Å². The quantitative estimate of drug-likeness (QED) is 0.719. The summed E-state index contributed by atoms with van der Waals surface area (Å²) in [5.41, 5.74) is 1.41. The fraction of sp³-hybridized carbons (Fsp3) is 0. The molecule has 0 heterocycles. The molecule has 0 bridgehead atoms. The van der Waals surface area contributed by atoms with Gasteiger partial charge in [0.05, 0.1) is 17.3 Å². The summed E-state index contributed by atoms with van der Waals surface area (Å²) in [6.45, 7) is 0. The number of phenolic OH excluding ortho intramolecular Hbond substituents is 1. The Balaban J connectivity index is 2.01. The van der Waals surface area contributed by atoms with E-state index in [9.17, 15) is 9.90 Å². The van der Waals surface area contributed by atoms with Gasteiger partial charge in [0.15, 0.2) is 0 Å². The molecule has 0 aliphatic heterocycles. The average Bonchev–Trinajstić information content (AvgIpc) is 2.42. The molecule has 0 unspecified atom stereocenters. The number of para-hydroxylation sites is 2. The average molecular weight is 253 g/mol. The second kappa shape index (κ2) is 5.56. The Labute approximate surface area is 110 Å². The highest BCUT2D eigenvalue weighted by Gasteiger charge is 2.05. The van der Waals surface area contributed by atoms with Crippen LogP contribution in [-0.2, 0) is 0 Å². The Morgan fingerprint density at radius 1 is 1.05 bits per heavy atom. The fourth-order valence-corrected chi connectivity index (χ4v) is 1.49. The highest BCUT2D eigenvalue weighted by Crippen LogP contribution is 2.21. The number of anilines is 2. The number of rotatable bonds is 2. The highest BCUT2D eigenvalue weighted by molar-refractivity contribution is 6.00. The van der Waals surface area contributed by atoms with Crippen LogP contribution in [0.1, 0.15) is 5.56 Å². The zero-order valence-corrected chi connectivity index (χ0v) is 9.92. The van der Waals surface area contributed by atoms with E-state index in [1.54, 1.807) is 42.5 Å². The first-order valence-corrected chi connectivity index (χ1v) is 5.55. The third-order valence-electron chi connectivity index (χ3n) is 2.42. The summed E-state index contributed by atoms with van der Waals surface area (Å²) >= 11 is 0. The van der Waals surface area contributed by atoms with Crippen molar-refractivity contribution in [2.45, 2.75) is 0 Å². The normalized spacial score (nSPS) is 9.42. The van der Waals surface area contributed by atoms with E-state index >= 15 is 0 Å². The summed E-state index contributed by atoms with van der Waals surface area (Å²) in [4.78, 5) is 11.7. The smallest absolute Gasteiger partial charge is 0.323 e. The maximum Gasteiger partial charge on any atom is 0.323 e. The molecule has 0 spiro atoms. The van der Waals surface area contributed by atoms with Gasteiger partial charge in [0.1, 0.15) is 5.75 Å². The minimum Gasteiger partial charge on any atom is -0.506 e. The number of carbonyl (C=O) groups excluding carboxylic acids is 1. The van der Waals surface area contributed by atoms with Crippen LogP contribution in [0.4, 0.5) is 16.2 Å². The second-order valence-corrected chi connectivity index (χ2v) is 3.79. The van der Waals surface area contributed by atoms with Gasteiger partial charge in [-0.2, -0.15) is 5.26 Å². The molecule has 5 nitrogen and oxygen atoms in total. The molecular weight excluding hydrogens is 242 g/mol. The fourth-order valence-electron chi connectivity index (χ4n) is 1.49. The molecule has 2 aromatic carbocycles. The Morgan fingerprint density at radius 2 is 1.74 bits per heavy atom. The number of benzene rings is 2. The zero-order chi connectivity index (χ0) is 13.7. The lowest BCUT2D eigenvalue weighted by Gasteiger charge is -2.08. The van der Waals surface area contributed by atoms with Crippen molar-refractivity contribution < 1.29 is 9.90 Å². The van der Waals surface area contributed by atoms with E-state index in [0.29, 0.717) is 16.9 Å². The van der Waals surface area contributed by atoms with Crippen molar-refractivity contribution in [1.82, 2.24) is 0 Å². The lowest BCUT2D eigenvalue weighted by Crippen LogP contribution is -2.19. The molecule has 2 aromatic rings. The van der Waals surface area contributed by atoms with Crippen molar-refractivity contribution in [3.05, 3.63) is 54.1 Å². The maximum atomic E-state index is 11.7. The summed E-state index contributed by atoms with van der Waals surface area (Å²) < 4.78 is 0. The molecule has 0 atom stereocenters. The van der Waals surface area contributed by atoms with Crippen LogP contribution < -0.4 is 10.6 Å². The number of hydrogen-bond acceptors (Lipinski definition) is 3. The molecule has 0 saturated carbocycles. The van der Waals surface area contributed by atoms with Gasteiger partial charge < -0.3 is 15.7 Å².